The van der Waals surface area contributed by atoms with Crippen molar-refractivity contribution in [2.24, 2.45) is 17.6 Å². The molecular formula is C15H16F3N3O3. The van der Waals surface area contributed by atoms with Crippen molar-refractivity contribution >= 4 is 17.7 Å². The number of nitrogens with zero attached hydrogens (tertiary/aromatic N) is 1. The Hall–Kier alpha value is -2.58. The van der Waals surface area contributed by atoms with Crippen LogP contribution in [-0.4, -0.2) is 48.9 Å². The molecule has 6 nitrogen and oxygen atoms in total. The normalized spacial score (nSPS) is 20.8. The Labute approximate surface area is 135 Å². The number of halogens is 3. The molecular weight excluding hydrogens is 327 g/mol. The third kappa shape index (κ3) is 3.50. The zero-order chi connectivity index (χ0) is 18.1. The molecule has 3 N–H and O–H groups in total. The molecule has 0 unspecified atom stereocenters. The maximum absolute atomic E-state index is 13.0. The second-order valence-electron chi connectivity index (χ2n) is 5.53. The highest BCUT2D eigenvalue weighted by molar-refractivity contribution is 6.00. The number of alkyl halides is 3. The minimum atomic E-state index is -4.63. The van der Waals surface area contributed by atoms with Crippen LogP contribution in [0.2, 0.25) is 0 Å². The predicted molar refractivity (Wildman–Crippen MR) is 78.0 cm³/mol. The summed E-state index contributed by atoms with van der Waals surface area (Å²) in [5, 5.41) is 2.39. The number of carbonyl (C=O) groups is 3. The van der Waals surface area contributed by atoms with Crippen LogP contribution in [0.4, 0.5) is 13.2 Å². The number of benzene rings is 1. The Morgan fingerprint density at radius 3 is 2.33 bits per heavy atom. The lowest BCUT2D eigenvalue weighted by molar-refractivity contribution is -0.182. The van der Waals surface area contributed by atoms with Gasteiger partial charge in [-0.25, -0.2) is 0 Å². The highest BCUT2D eigenvalue weighted by atomic mass is 19.4. The smallest absolute Gasteiger partial charge is 0.369 e. The third-order valence-corrected chi connectivity index (χ3v) is 3.99. The van der Waals surface area contributed by atoms with E-state index in [4.69, 9.17) is 5.73 Å². The van der Waals surface area contributed by atoms with Crippen molar-refractivity contribution in [1.29, 1.82) is 0 Å². The zero-order valence-corrected chi connectivity index (χ0v) is 12.8. The molecule has 2 atom stereocenters. The van der Waals surface area contributed by atoms with E-state index in [0.29, 0.717) is 0 Å². The molecule has 0 aromatic heterocycles. The number of nitrogens with one attached hydrogen (secondary N) is 1. The Morgan fingerprint density at radius 2 is 1.83 bits per heavy atom. The van der Waals surface area contributed by atoms with Gasteiger partial charge in [0.25, 0.3) is 11.8 Å². The number of primary amides is 1. The summed E-state index contributed by atoms with van der Waals surface area (Å²) in [5.74, 6) is -5.66. The van der Waals surface area contributed by atoms with Gasteiger partial charge in [-0.1, -0.05) is 6.07 Å². The summed E-state index contributed by atoms with van der Waals surface area (Å²) in [6, 6.07) is 5.63. The van der Waals surface area contributed by atoms with E-state index in [1.165, 1.54) is 31.3 Å². The summed E-state index contributed by atoms with van der Waals surface area (Å²) in [5.41, 5.74) is 5.32. The van der Waals surface area contributed by atoms with Gasteiger partial charge in [0.1, 0.15) is 0 Å². The minimum Gasteiger partial charge on any atom is -0.369 e. The second-order valence-corrected chi connectivity index (χ2v) is 5.53. The highest BCUT2D eigenvalue weighted by Crippen LogP contribution is 2.37. The SMILES string of the molecule is CNC(=O)c1cccc(C(=O)N2C[C@@H](C(F)(F)F)[C@H](C(N)=O)C2)c1. The Morgan fingerprint density at radius 1 is 1.21 bits per heavy atom. The maximum atomic E-state index is 13.0. The van der Waals surface area contributed by atoms with E-state index >= 15 is 0 Å². The summed E-state index contributed by atoms with van der Waals surface area (Å²) in [6.07, 6.45) is -4.63. The summed E-state index contributed by atoms with van der Waals surface area (Å²) in [7, 11) is 1.42. The van der Waals surface area contributed by atoms with Gasteiger partial charge in [0.2, 0.25) is 5.91 Å². The van der Waals surface area contributed by atoms with Crippen molar-refractivity contribution in [3.05, 3.63) is 35.4 Å². The first-order valence-corrected chi connectivity index (χ1v) is 7.12. The van der Waals surface area contributed by atoms with Gasteiger partial charge in [-0.05, 0) is 18.2 Å². The maximum Gasteiger partial charge on any atom is 0.394 e. The third-order valence-electron chi connectivity index (χ3n) is 3.99. The van der Waals surface area contributed by atoms with Crippen LogP contribution >= 0.6 is 0 Å². The fourth-order valence-electron chi connectivity index (χ4n) is 2.71. The number of amides is 3. The van der Waals surface area contributed by atoms with Crippen LogP contribution in [0.1, 0.15) is 20.7 Å². The van der Waals surface area contributed by atoms with Crippen molar-refractivity contribution in [1.82, 2.24) is 10.2 Å². The molecule has 3 amide bonds. The van der Waals surface area contributed by atoms with E-state index in [1.54, 1.807) is 0 Å². The molecule has 1 aliphatic heterocycles. The average molecular weight is 343 g/mol. The van der Waals surface area contributed by atoms with E-state index in [-0.39, 0.29) is 11.1 Å². The lowest BCUT2D eigenvalue weighted by Crippen LogP contribution is -2.37. The van der Waals surface area contributed by atoms with Gasteiger partial charge in [0.05, 0.1) is 11.8 Å². The van der Waals surface area contributed by atoms with E-state index in [0.717, 1.165) is 4.90 Å². The summed E-state index contributed by atoms with van der Waals surface area (Å²) >= 11 is 0. The van der Waals surface area contributed by atoms with E-state index in [9.17, 15) is 27.6 Å². The first kappa shape index (κ1) is 17.8. The standard InChI is InChI=1S/C15H16F3N3O3/c1-20-13(23)8-3-2-4-9(5-8)14(24)21-6-10(12(19)22)11(7-21)15(16,17)18/h2-5,10-11H,6-7H2,1H3,(H2,19,22)(H,20,23)/t10-,11-/m1/s1. The van der Waals surface area contributed by atoms with Crippen LogP contribution in [0.15, 0.2) is 24.3 Å². The summed E-state index contributed by atoms with van der Waals surface area (Å²) < 4.78 is 39.1. The lowest BCUT2D eigenvalue weighted by Gasteiger charge is -2.18. The number of nitrogens with two attached hydrogens (primary N) is 1. The second kappa shape index (κ2) is 6.50. The van der Waals surface area contributed by atoms with Gasteiger partial charge < -0.3 is 16.0 Å². The quantitative estimate of drug-likeness (QED) is 0.849. The number of rotatable bonds is 3. The van der Waals surface area contributed by atoms with Crippen molar-refractivity contribution in [2.75, 3.05) is 20.1 Å². The molecule has 1 saturated heterocycles. The molecule has 0 aliphatic carbocycles. The average Bonchev–Trinajstić information content (AvgIpc) is 2.99. The van der Waals surface area contributed by atoms with Gasteiger partial charge in [0.15, 0.2) is 0 Å². The van der Waals surface area contributed by atoms with Crippen LogP contribution in [0.5, 0.6) is 0 Å². The monoisotopic (exact) mass is 343 g/mol. The van der Waals surface area contributed by atoms with Crippen LogP contribution < -0.4 is 11.1 Å². The molecule has 1 aromatic carbocycles. The zero-order valence-electron chi connectivity index (χ0n) is 12.8. The molecule has 24 heavy (non-hydrogen) atoms. The molecule has 1 fully saturated rings. The molecule has 0 radical (unpaired) electrons. The number of carbonyl (C=O) groups excluding carboxylic acids is 3. The van der Waals surface area contributed by atoms with Crippen LogP contribution in [-0.2, 0) is 4.79 Å². The fraction of sp³-hybridized carbons (Fsp3) is 0.400. The predicted octanol–water partition coefficient (Wildman–Crippen LogP) is 0.782. The van der Waals surface area contributed by atoms with Gasteiger partial charge in [-0.3, -0.25) is 14.4 Å². The van der Waals surface area contributed by atoms with Gasteiger partial charge >= 0.3 is 6.18 Å². The Balaban J connectivity index is 2.25. The lowest BCUT2D eigenvalue weighted by atomic mass is 9.95. The van der Waals surface area contributed by atoms with E-state index < -0.39 is 48.8 Å². The van der Waals surface area contributed by atoms with Gasteiger partial charge in [-0.2, -0.15) is 13.2 Å². The van der Waals surface area contributed by atoms with Crippen LogP contribution in [0.3, 0.4) is 0 Å². The molecule has 130 valence electrons. The molecule has 0 bridgehead atoms. The first-order chi connectivity index (χ1) is 11.1. The van der Waals surface area contributed by atoms with Crippen molar-refractivity contribution < 1.29 is 27.6 Å². The molecule has 1 aliphatic rings. The number of hydrogen-bond acceptors (Lipinski definition) is 3. The molecule has 2 rings (SSSR count). The number of likely N-dealkylation sites (tertiary alicyclic amines) is 1. The molecule has 1 aromatic rings. The fourth-order valence-corrected chi connectivity index (χ4v) is 2.71. The Bertz CT molecular complexity index is 675. The first-order valence-electron chi connectivity index (χ1n) is 7.12. The van der Waals surface area contributed by atoms with Crippen molar-refractivity contribution in [2.45, 2.75) is 6.18 Å². The highest BCUT2D eigenvalue weighted by Gasteiger charge is 2.52. The topological polar surface area (TPSA) is 92.5 Å². The van der Waals surface area contributed by atoms with Crippen molar-refractivity contribution in [3.8, 4) is 0 Å². The Kier molecular flexibility index (Phi) is 4.81. The molecule has 0 spiro atoms. The van der Waals surface area contributed by atoms with Gasteiger partial charge in [0, 0.05) is 31.3 Å². The van der Waals surface area contributed by atoms with E-state index in [1.807, 2.05) is 0 Å². The van der Waals surface area contributed by atoms with E-state index in [2.05, 4.69) is 5.32 Å². The van der Waals surface area contributed by atoms with Gasteiger partial charge in [-0.15, -0.1) is 0 Å². The van der Waals surface area contributed by atoms with Crippen LogP contribution in [0.25, 0.3) is 0 Å². The molecule has 0 saturated carbocycles. The minimum absolute atomic E-state index is 0.0714. The van der Waals surface area contributed by atoms with Crippen LogP contribution in [0, 0.1) is 11.8 Å². The van der Waals surface area contributed by atoms with Crippen molar-refractivity contribution in [3.63, 3.8) is 0 Å². The summed E-state index contributed by atoms with van der Waals surface area (Å²) in [6.45, 7) is -1.04. The molecule has 9 heteroatoms. The largest absolute Gasteiger partial charge is 0.394 e. The molecule has 1 heterocycles. The summed E-state index contributed by atoms with van der Waals surface area (Å²) in [4.78, 5) is 36.2. The number of hydrogen-bond donors (Lipinski definition) is 2.